The highest BCUT2D eigenvalue weighted by Gasteiger charge is 2.13. The Balaban J connectivity index is 1.87. The fourth-order valence-corrected chi connectivity index (χ4v) is 2.65. The SMILES string of the molecule is C[C@@H](NC(N)=O)C(=O)Nc1ccc(SCc2cccnc2)cc1. The number of urea groups is 1. The fourth-order valence-electron chi connectivity index (χ4n) is 1.81. The van der Waals surface area contributed by atoms with E-state index < -0.39 is 12.1 Å². The molecule has 0 unspecified atom stereocenters. The van der Waals surface area contributed by atoms with E-state index in [1.54, 1.807) is 24.9 Å². The van der Waals surface area contributed by atoms with Crippen molar-refractivity contribution < 1.29 is 9.59 Å². The predicted octanol–water partition coefficient (Wildman–Crippen LogP) is 2.37. The van der Waals surface area contributed by atoms with Crippen molar-refractivity contribution in [3.8, 4) is 0 Å². The number of primary amides is 1. The minimum Gasteiger partial charge on any atom is -0.352 e. The van der Waals surface area contributed by atoms with Gasteiger partial charge in [0.2, 0.25) is 5.91 Å². The molecule has 0 radical (unpaired) electrons. The molecule has 2 aromatic rings. The lowest BCUT2D eigenvalue weighted by atomic mass is 10.2. The van der Waals surface area contributed by atoms with Crippen molar-refractivity contribution in [2.24, 2.45) is 5.73 Å². The quantitative estimate of drug-likeness (QED) is 0.708. The fraction of sp³-hybridized carbons (Fsp3) is 0.188. The zero-order valence-electron chi connectivity index (χ0n) is 12.7. The molecule has 3 amide bonds. The van der Waals surface area contributed by atoms with E-state index in [1.165, 1.54) is 0 Å². The van der Waals surface area contributed by atoms with Gasteiger partial charge in [-0.05, 0) is 42.8 Å². The average Bonchev–Trinajstić information content (AvgIpc) is 2.54. The van der Waals surface area contributed by atoms with E-state index >= 15 is 0 Å². The molecule has 0 aliphatic rings. The number of hydrogen-bond donors (Lipinski definition) is 3. The summed E-state index contributed by atoms with van der Waals surface area (Å²) in [5.74, 6) is 0.513. The van der Waals surface area contributed by atoms with Gasteiger partial charge >= 0.3 is 6.03 Å². The molecule has 1 heterocycles. The second-order valence-electron chi connectivity index (χ2n) is 4.89. The smallest absolute Gasteiger partial charge is 0.312 e. The van der Waals surface area contributed by atoms with Crippen molar-refractivity contribution >= 4 is 29.4 Å². The van der Waals surface area contributed by atoms with Crippen LogP contribution in [0.15, 0.2) is 53.7 Å². The van der Waals surface area contributed by atoms with Crippen LogP contribution in [0.1, 0.15) is 12.5 Å². The van der Waals surface area contributed by atoms with Crippen LogP contribution in [0.4, 0.5) is 10.5 Å². The summed E-state index contributed by atoms with van der Waals surface area (Å²) >= 11 is 1.69. The van der Waals surface area contributed by atoms with Gasteiger partial charge < -0.3 is 16.4 Å². The van der Waals surface area contributed by atoms with E-state index in [9.17, 15) is 9.59 Å². The number of pyridine rings is 1. The Labute approximate surface area is 138 Å². The maximum Gasteiger partial charge on any atom is 0.312 e. The van der Waals surface area contributed by atoms with E-state index in [0.29, 0.717) is 5.69 Å². The number of carbonyl (C=O) groups is 2. The van der Waals surface area contributed by atoms with Gasteiger partial charge in [0.15, 0.2) is 0 Å². The van der Waals surface area contributed by atoms with Crippen molar-refractivity contribution in [1.29, 1.82) is 0 Å². The molecule has 0 fully saturated rings. The number of nitrogens with one attached hydrogen (secondary N) is 2. The highest BCUT2D eigenvalue weighted by atomic mass is 32.2. The molecule has 6 nitrogen and oxygen atoms in total. The van der Waals surface area contributed by atoms with E-state index in [2.05, 4.69) is 15.6 Å². The minimum absolute atomic E-state index is 0.320. The first-order chi connectivity index (χ1) is 11.0. The normalized spacial score (nSPS) is 11.5. The van der Waals surface area contributed by atoms with Gasteiger partial charge in [-0.3, -0.25) is 9.78 Å². The van der Waals surface area contributed by atoms with E-state index in [-0.39, 0.29) is 5.91 Å². The maximum absolute atomic E-state index is 11.9. The van der Waals surface area contributed by atoms with Crippen LogP contribution in [0.3, 0.4) is 0 Å². The van der Waals surface area contributed by atoms with E-state index in [1.807, 2.05) is 42.6 Å². The summed E-state index contributed by atoms with van der Waals surface area (Å²) in [4.78, 5) is 27.7. The molecule has 1 aromatic carbocycles. The van der Waals surface area contributed by atoms with Crippen LogP contribution in [-0.2, 0) is 10.5 Å². The third-order valence-corrected chi connectivity index (χ3v) is 4.09. The van der Waals surface area contributed by atoms with Crippen LogP contribution in [-0.4, -0.2) is 23.0 Å². The molecule has 0 aliphatic carbocycles. The molecule has 23 heavy (non-hydrogen) atoms. The lowest BCUT2D eigenvalue weighted by molar-refractivity contribution is -0.117. The van der Waals surface area contributed by atoms with Crippen LogP contribution < -0.4 is 16.4 Å². The standard InChI is InChI=1S/C16H18N4O2S/c1-11(19-16(17)22)15(21)20-13-4-6-14(7-5-13)23-10-12-3-2-8-18-9-12/h2-9,11H,10H2,1H3,(H,20,21)(H3,17,19,22)/t11-/m1/s1. The molecular weight excluding hydrogens is 312 g/mol. The zero-order chi connectivity index (χ0) is 16.7. The number of aromatic nitrogens is 1. The van der Waals surface area contributed by atoms with Crippen LogP contribution in [0.5, 0.6) is 0 Å². The molecule has 1 aromatic heterocycles. The highest BCUT2D eigenvalue weighted by Crippen LogP contribution is 2.23. The van der Waals surface area contributed by atoms with Crippen LogP contribution in [0, 0.1) is 0 Å². The molecule has 0 spiro atoms. The predicted molar refractivity (Wildman–Crippen MR) is 91.1 cm³/mol. The second kappa shape index (κ2) is 8.19. The summed E-state index contributed by atoms with van der Waals surface area (Å²) < 4.78 is 0. The van der Waals surface area contributed by atoms with Gasteiger partial charge in [0, 0.05) is 28.7 Å². The number of rotatable bonds is 6. The summed E-state index contributed by atoms with van der Waals surface area (Å²) in [5, 5.41) is 5.05. The number of nitrogens with zero attached hydrogens (tertiary/aromatic N) is 1. The Kier molecular flexibility index (Phi) is 5.99. The van der Waals surface area contributed by atoms with Gasteiger partial charge in [-0.1, -0.05) is 6.07 Å². The Hall–Kier alpha value is -2.54. The van der Waals surface area contributed by atoms with Crippen molar-refractivity contribution in [3.05, 3.63) is 54.4 Å². The third kappa shape index (κ3) is 5.63. The summed E-state index contributed by atoms with van der Waals surface area (Å²) in [6, 6.07) is 10.0. The van der Waals surface area contributed by atoms with E-state index in [0.717, 1.165) is 16.2 Å². The minimum atomic E-state index is -0.727. The lowest BCUT2D eigenvalue weighted by Crippen LogP contribution is -2.44. The van der Waals surface area contributed by atoms with Crippen molar-refractivity contribution in [3.63, 3.8) is 0 Å². The molecule has 7 heteroatoms. The Bertz CT molecular complexity index is 662. The number of hydrogen-bond acceptors (Lipinski definition) is 4. The number of benzene rings is 1. The van der Waals surface area contributed by atoms with Crippen LogP contribution >= 0.6 is 11.8 Å². The number of amides is 3. The Morgan fingerprint density at radius 1 is 1.26 bits per heavy atom. The Morgan fingerprint density at radius 2 is 2.00 bits per heavy atom. The number of anilines is 1. The zero-order valence-corrected chi connectivity index (χ0v) is 13.5. The molecule has 120 valence electrons. The van der Waals surface area contributed by atoms with Gasteiger partial charge in [-0.25, -0.2) is 4.79 Å². The van der Waals surface area contributed by atoms with Gasteiger partial charge in [0.05, 0.1) is 0 Å². The van der Waals surface area contributed by atoms with Crippen molar-refractivity contribution in [2.75, 3.05) is 5.32 Å². The Morgan fingerprint density at radius 3 is 2.61 bits per heavy atom. The second-order valence-corrected chi connectivity index (χ2v) is 5.94. The molecular formula is C16H18N4O2S. The van der Waals surface area contributed by atoms with Crippen molar-refractivity contribution in [2.45, 2.75) is 23.6 Å². The number of nitrogens with two attached hydrogens (primary N) is 1. The number of carbonyl (C=O) groups excluding carboxylic acids is 2. The first-order valence-electron chi connectivity index (χ1n) is 7.03. The third-order valence-electron chi connectivity index (χ3n) is 3.00. The lowest BCUT2D eigenvalue weighted by Gasteiger charge is -2.12. The molecule has 0 saturated heterocycles. The first kappa shape index (κ1) is 16.8. The van der Waals surface area contributed by atoms with Gasteiger partial charge in [0.25, 0.3) is 0 Å². The monoisotopic (exact) mass is 330 g/mol. The average molecular weight is 330 g/mol. The van der Waals surface area contributed by atoms with Gasteiger partial charge in [-0.2, -0.15) is 0 Å². The van der Waals surface area contributed by atoms with Gasteiger partial charge in [0.1, 0.15) is 6.04 Å². The van der Waals surface area contributed by atoms with Crippen molar-refractivity contribution in [1.82, 2.24) is 10.3 Å². The number of thioether (sulfide) groups is 1. The summed E-state index contributed by atoms with van der Waals surface area (Å²) in [6.07, 6.45) is 3.59. The molecule has 4 N–H and O–H groups in total. The molecule has 0 aliphatic heterocycles. The van der Waals surface area contributed by atoms with Gasteiger partial charge in [-0.15, -0.1) is 11.8 Å². The van der Waals surface area contributed by atoms with Crippen LogP contribution in [0.2, 0.25) is 0 Å². The molecule has 2 rings (SSSR count). The van der Waals surface area contributed by atoms with E-state index in [4.69, 9.17) is 5.73 Å². The molecule has 1 atom stereocenters. The molecule has 0 saturated carbocycles. The maximum atomic E-state index is 11.9. The first-order valence-corrected chi connectivity index (χ1v) is 8.02. The largest absolute Gasteiger partial charge is 0.352 e. The summed E-state index contributed by atoms with van der Waals surface area (Å²) in [5.41, 5.74) is 6.81. The topological polar surface area (TPSA) is 97.1 Å². The van der Waals surface area contributed by atoms with Crippen LogP contribution in [0.25, 0.3) is 0 Å². The summed E-state index contributed by atoms with van der Waals surface area (Å²) in [6.45, 7) is 1.57. The highest BCUT2D eigenvalue weighted by molar-refractivity contribution is 7.98. The molecule has 0 bridgehead atoms. The summed E-state index contributed by atoms with van der Waals surface area (Å²) in [7, 11) is 0.